The van der Waals surface area contributed by atoms with Gasteiger partial charge in [-0.1, -0.05) is 32.9 Å². The summed E-state index contributed by atoms with van der Waals surface area (Å²) in [5.41, 5.74) is 10.4. The third-order valence-electron chi connectivity index (χ3n) is 3.41. The van der Waals surface area contributed by atoms with Crippen LogP contribution in [0.15, 0.2) is 46.9 Å². The van der Waals surface area contributed by atoms with Crippen LogP contribution in [0, 0.1) is 0 Å². The molecule has 0 bridgehead atoms. The molecule has 0 spiro atoms. The van der Waals surface area contributed by atoms with E-state index in [9.17, 15) is 0 Å². The van der Waals surface area contributed by atoms with Gasteiger partial charge < -0.3 is 10.2 Å². The summed E-state index contributed by atoms with van der Waals surface area (Å²) in [6.07, 6.45) is 0. The molecule has 2 N–H and O–H groups in total. The first-order chi connectivity index (χ1) is 9.43. The summed E-state index contributed by atoms with van der Waals surface area (Å²) < 4.78 is 5.77. The number of aromatic nitrogens is 1. The van der Waals surface area contributed by atoms with E-state index in [0.717, 1.165) is 16.7 Å². The van der Waals surface area contributed by atoms with E-state index in [1.165, 1.54) is 5.56 Å². The number of rotatable bonds is 1. The van der Waals surface area contributed by atoms with Gasteiger partial charge in [-0.25, -0.2) is 4.98 Å². The van der Waals surface area contributed by atoms with Gasteiger partial charge in [-0.2, -0.15) is 0 Å². The van der Waals surface area contributed by atoms with E-state index in [1.54, 1.807) is 6.07 Å². The van der Waals surface area contributed by atoms with Crippen molar-refractivity contribution in [2.75, 3.05) is 5.73 Å². The summed E-state index contributed by atoms with van der Waals surface area (Å²) in [5, 5.41) is 0. The first-order valence-electron chi connectivity index (χ1n) is 6.70. The number of nitrogen functional groups attached to an aromatic ring is 1. The second kappa shape index (κ2) is 4.37. The van der Waals surface area contributed by atoms with Crippen LogP contribution in [0.25, 0.3) is 22.6 Å². The van der Waals surface area contributed by atoms with Crippen molar-refractivity contribution in [2.45, 2.75) is 26.2 Å². The number of hydrogen-bond acceptors (Lipinski definition) is 3. The molecule has 3 heteroatoms. The molecule has 3 aromatic rings. The number of oxazole rings is 1. The maximum absolute atomic E-state index is 5.77. The number of nitrogens with two attached hydrogens (primary N) is 1. The van der Waals surface area contributed by atoms with Crippen LogP contribution in [0.2, 0.25) is 0 Å². The molecule has 0 fully saturated rings. The molecule has 3 nitrogen and oxygen atoms in total. The lowest BCUT2D eigenvalue weighted by Crippen LogP contribution is -2.10. The van der Waals surface area contributed by atoms with Crippen molar-refractivity contribution in [3.05, 3.63) is 48.0 Å². The van der Waals surface area contributed by atoms with Crippen LogP contribution < -0.4 is 5.73 Å². The Bertz CT molecular complexity index is 749. The molecule has 0 saturated carbocycles. The summed E-state index contributed by atoms with van der Waals surface area (Å²) >= 11 is 0. The molecular formula is C17H18N2O. The predicted molar refractivity (Wildman–Crippen MR) is 82.6 cm³/mol. The maximum Gasteiger partial charge on any atom is 0.227 e. The molecule has 1 heterocycles. The number of anilines is 1. The lowest BCUT2D eigenvalue weighted by Gasteiger charge is -2.18. The highest BCUT2D eigenvalue weighted by molar-refractivity contribution is 5.79. The third-order valence-corrected chi connectivity index (χ3v) is 3.41. The standard InChI is InChI=1S/C17H18N2O/c1-17(2,3)12-6-4-11(5-7-12)16-19-14-9-8-13(18)10-15(14)20-16/h4-10H,18H2,1-3H3. The molecule has 20 heavy (non-hydrogen) atoms. The van der Waals surface area contributed by atoms with E-state index in [2.05, 4.69) is 50.0 Å². The highest BCUT2D eigenvalue weighted by Crippen LogP contribution is 2.28. The van der Waals surface area contributed by atoms with Crippen LogP contribution in [0.3, 0.4) is 0 Å². The van der Waals surface area contributed by atoms with Crippen molar-refractivity contribution in [3.8, 4) is 11.5 Å². The predicted octanol–water partition coefficient (Wildman–Crippen LogP) is 4.37. The molecule has 102 valence electrons. The first-order valence-corrected chi connectivity index (χ1v) is 6.70. The van der Waals surface area contributed by atoms with E-state index in [0.29, 0.717) is 11.6 Å². The zero-order chi connectivity index (χ0) is 14.3. The van der Waals surface area contributed by atoms with Crippen LogP contribution >= 0.6 is 0 Å². The monoisotopic (exact) mass is 266 g/mol. The normalized spacial score (nSPS) is 11.9. The topological polar surface area (TPSA) is 52.0 Å². The number of hydrogen-bond donors (Lipinski definition) is 1. The van der Waals surface area contributed by atoms with Crippen LogP contribution in [-0.2, 0) is 5.41 Å². The van der Waals surface area contributed by atoms with Crippen molar-refractivity contribution < 1.29 is 4.42 Å². The second-order valence-electron chi connectivity index (χ2n) is 6.07. The molecule has 2 aromatic carbocycles. The number of nitrogens with zero attached hydrogens (tertiary/aromatic N) is 1. The van der Waals surface area contributed by atoms with E-state index in [-0.39, 0.29) is 5.41 Å². The van der Waals surface area contributed by atoms with Gasteiger partial charge in [0.1, 0.15) is 5.52 Å². The molecule has 0 aliphatic rings. The van der Waals surface area contributed by atoms with E-state index >= 15 is 0 Å². The van der Waals surface area contributed by atoms with Crippen molar-refractivity contribution in [1.29, 1.82) is 0 Å². The molecule has 0 aliphatic carbocycles. The minimum atomic E-state index is 0.147. The molecule has 0 atom stereocenters. The largest absolute Gasteiger partial charge is 0.436 e. The molecule has 0 aliphatic heterocycles. The summed E-state index contributed by atoms with van der Waals surface area (Å²) in [4.78, 5) is 4.49. The van der Waals surface area contributed by atoms with Gasteiger partial charge in [-0.05, 0) is 35.2 Å². The van der Waals surface area contributed by atoms with Gasteiger partial charge in [-0.15, -0.1) is 0 Å². The van der Waals surface area contributed by atoms with Crippen LogP contribution in [0.5, 0.6) is 0 Å². The minimum absolute atomic E-state index is 0.147. The smallest absolute Gasteiger partial charge is 0.227 e. The molecule has 0 amide bonds. The Morgan fingerprint density at radius 1 is 1.00 bits per heavy atom. The van der Waals surface area contributed by atoms with Gasteiger partial charge in [0.05, 0.1) is 0 Å². The zero-order valence-corrected chi connectivity index (χ0v) is 12.0. The van der Waals surface area contributed by atoms with Crippen LogP contribution in [-0.4, -0.2) is 4.98 Å². The van der Waals surface area contributed by atoms with Gasteiger partial charge in [0.25, 0.3) is 0 Å². The molecular weight excluding hydrogens is 248 g/mol. The Kier molecular flexibility index (Phi) is 2.78. The van der Waals surface area contributed by atoms with E-state index in [1.807, 2.05) is 12.1 Å². The maximum atomic E-state index is 5.77. The lowest BCUT2D eigenvalue weighted by molar-refractivity contribution is 0.589. The Labute approximate surface area is 118 Å². The Hall–Kier alpha value is -2.29. The second-order valence-corrected chi connectivity index (χ2v) is 6.07. The fourth-order valence-corrected chi connectivity index (χ4v) is 2.18. The Balaban J connectivity index is 2.02. The Morgan fingerprint density at radius 3 is 2.35 bits per heavy atom. The summed E-state index contributed by atoms with van der Waals surface area (Å²) in [7, 11) is 0. The van der Waals surface area contributed by atoms with Gasteiger partial charge >= 0.3 is 0 Å². The van der Waals surface area contributed by atoms with Crippen LogP contribution in [0.4, 0.5) is 5.69 Å². The fraction of sp³-hybridized carbons (Fsp3) is 0.235. The Morgan fingerprint density at radius 2 is 1.70 bits per heavy atom. The number of benzene rings is 2. The van der Waals surface area contributed by atoms with Gasteiger partial charge in [0.2, 0.25) is 5.89 Å². The highest BCUT2D eigenvalue weighted by atomic mass is 16.3. The molecule has 3 rings (SSSR count). The highest BCUT2D eigenvalue weighted by Gasteiger charge is 2.14. The summed E-state index contributed by atoms with van der Waals surface area (Å²) in [6, 6.07) is 13.9. The number of fused-ring (bicyclic) bond motifs is 1. The molecule has 0 radical (unpaired) electrons. The van der Waals surface area contributed by atoms with E-state index in [4.69, 9.17) is 10.2 Å². The summed E-state index contributed by atoms with van der Waals surface area (Å²) in [6.45, 7) is 6.60. The van der Waals surface area contributed by atoms with Gasteiger partial charge in [-0.3, -0.25) is 0 Å². The third kappa shape index (κ3) is 2.27. The lowest BCUT2D eigenvalue weighted by atomic mass is 9.87. The average molecular weight is 266 g/mol. The van der Waals surface area contributed by atoms with E-state index < -0.39 is 0 Å². The van der Waals surface area contributed by atoms with Crippen LogP contribution in [0.1, 0.15) is 26.3 Å². The molecule has 0 unspecified atom stereocenters. The quantitative estimate of drug-likeness (QED) is 0.665. The van der Waals surface area contributed by atoms with Gasteiger partial charge in [0, 0.05) is 17.3 Å². The fourth-order valence-electron chi connectivity index (χ4n) is 2.18. The van der Waals surface area contributed by atoms with Crippen molar-refractivity contribution >= 4 is 16.8 Å². The average Bonchev–Trinajstić information content (AvgIpc) is 2.80. The van der Waals surface area contributed by atoms with Crippen molar-refractivity contribution in [2.24, 2.45) is 0 Å². The first kappa shape index (κ1) is 12.7. The SMILES string of the molecule is CC(C)(C)c1ccc(-c2nc3ccc(N)cc3o2)cc1. The van der Waals surface area contributed by atoms with Crippen molar-refractivity contribution in [3.63, 3.8) is 0 Å². The minimum Gasteiger partial charge on any atom is -0.436 e. The molecule has 0 saturated heterocycles. The summed E-state index contributed by atoms with van der Waals surface area (Å²) in [5.74, 6) is 0.631. The zero-order valence-electron chi connectivity index (χ0n) is 12.0. The molecule has 1 aromatic heterocycles. The van der Waals surface area contributed by atoms with Gasteiger partial charge in [0.15, 0.2) is 5.58 Å². The van der Waals surface area contributed by atoms with Crippen molar-refractivity contribution in [1.82, 2.24) is 4.98 Å².